The standard InChI is InChI=1S/C54H98NO10P/c1-3-5-7-9-11-13-15-17-19-21-23-25-27-29-31-33-35-37-39-41-43-45-52(57)55-51(54(59)60)49-65-66(61,62)64-48-50(56)47-63-53(58)46-44-42-40-38-36-34-32-30-28-26-24-22-20-18-16-14-12-10-8-6-4-2/h12,14,17-20,24,26,50-51,56H,3-11,13,15-16,21-23,25,27-49H2,1-2H3,(H,55,57)(H,59,60)(H,61,62)/b14-12-,19-17+,20-18-,26-24-. The number of phosphoric acid groups is 1. The Labute approximate surface area is 403 Å². The Morgan fingerprint density at radius 2 is 0.833 bits per heavy atom. The molecule has 0 aliphatic rings. The van der Waals surface area contributed by atoms with Gasteiger partial charge in [-0.25, -0.2) is 9.36 Å². The van der Waals surface area contributed by atoms with Crippen LogP contribution in [0.1, 0.15) is 245 Å². The molecular weight excluding hydrogens is 854 g/mol. The van der Waals surface area contributed by atoms with Crippen LogP contribution in [-0.4, -0.2) is 64.9 Å². The average Bonchev–Trinajstić information content (AvgIpc) is 3.29. The summed E-state index contributed by atoms with van der Waals surface area (Å²) in [5, 5.41) is 22.0. The van der Waals surface area contributed by atoms with Crippen molar-refractivity contribution in [2.75, 3.05) is 19.8 Å². The number of amides is 1. The third kappa shape index (κ3) is 47.9. The average molecular weight is 952 g/mol. The molecule has 4 N–H and O–H groups in total. The van der Waals surface area contributed by atoms with E-state index in [2.05, 4.69) is 67.8 Å². The number of rotatable bonds is 50. The van der Waals surface area contributed by atoms with Crippen molar-refractivity contribution in [1.82, 2.24) is 5.32 Å². The fraction of sp³-hybridized carbons (Fsp3) is 0.796. The number of allylic oxidation sites excluding steroid dienone is 8. The van der Waals surface area contributed by atoms with Gasteiger partial charge in [-0.1, -0.05) is 204 Å². The summed E-state index contributed by atoms with van der Waals surface area (Å²) in [4.78, 5) is 46.2. The van der Waals surface area contributed by atoms with E-state index in [1.54, 1.807) is 0 Å². The monoisotopic (exact) mass is 952 g/mol. The van der Waals surface area contributed by atoms with Crippen LogP contribution in [-0.2, 0) is 32.7 Å². The molecule has 0 spiro atoms. The van der Waals surface area contributed by atoms with Crippen LogP contribution in [0.4, 0.5) is 0 Å². The van der Waals surface area contributed by atoms with Crippen LogP contribution in [0.2, 0.25) is 0 Å². The number of hydrogen-bond donors (Lipinski definition) is 4. The zero-order valence-corrected chi connectivity index (χ0v) is 42.9. The highest BCUT2D eigenvalue weighted by Crippen LogP contribution is 2.43. The number of aliphatic hydroxyl groups is 1. The molecule has 0 saturated heterocycles. The lowest BCUT2D eigenvalue weighted by Gasteiger charge is -2.18. The number of aliphatic carboxylic acids is 1. The number of unbranched alkanes of at least 4 members (excludes halogenated alkanes) is 28. The van der Waals surface area contributed by atoms with Gasteiger partial charge in [-0.05, 0) is 77.0 Å². The molecule has 0 aliphatic carbocycles. The first-order valence-electron chi connectivity index (χ1n) is 26.7. The van der Waals surface area contributed by atoms with E-state index in [1.807, 2.05) is 0 Å². The number of esters is 1. The molecule has 0 aromatic rings. The molecule has 0 rings (SSSR count). The number of phosphoric ester groups is 1. The molecule has 0 bridgehead atoms. The smallest absolute Gasteiger partial charge is 0.472 e. The van der Waals surface area contributed by atoms with Crippen LogP contribution in [0.3, 0.4) is 0 Å². The van der Waals surface area contributed by atoms with E-state index >= 15 is 0 Å². The zero-order valence-electron chi connectivity index (χ0n) is 42.0. The molecule has 3 unspecified atom stereocenters. The fourth-order valence-electron chi connectivity index (χ4n) is 7.44. The largest absolute Gasteiger partial charge is 0.480 e. The summed E-state index contributed by atoms with van der Waals surface area (Å²) in [6.07, 6.45) is 57.0. The van der Waals surface area contributed by atoms with Gasteiger partial charge in [0, 0.05) is 12.8 Å². The van der Waals surface area contributed by atoms with Crippen molar-refractivity contribution >= 4 is 25.7 Å². The van der Waals surface area contributed by atoms with Gasteiger partial charge in [-0.2, -0.15) is 0 Å². The van der Waals surface area contributed by atoms with Gasteiger partial charge in [0.05, 0.1) is 13.2 Å². The highest BCUT2D eigenvalue weighted by Gasteiger charge is 2.28. The first kappa shape index (κ1) is 63.4. The molecule has 66 heavy (non-hydrogen) atoms. The predicted octanol–water partition coefficient (Wildman–Crippen LogP) is 14.9. The van der Waals surface area contributed by atoms with Gasteiger partial charge in [-0.3, -0.25) is 18.6 Å². The molecule has 0 aromatic carbocycles. The Balaban J connectivity index is 3.82. The lowest BCUT2D eigenvalue weighted by molar-refractivity contribution is -0.147. The van der Waals surface area contributed by atoms with Gasteiger partial charge in [0.25, 0.3) is 0 Å². The topological polar surface area (TPSA) is 169 Å². The van der Waals surface area contributed by atoms with Crippen LogP contribution >= 0.6 is 7.82 Å². The van der Waals surface area contributed by atoms with Crippen LogP contribution < -0.4 is 5.32 Å². The second-order valence-electron chi connectivity index (χ2n) is 18.1. The van der Waals surface area contributed by atoms with Crippen molar-refractivity contribution in [2.45, 2.75) is 257 Å². The molecule has 384 valence electrons. The summed E-state index contributed by atoms with van der Waals surface area (Å²) in [7, 11) is -4.77. The molecule has 0 aliphatic heterocycles. The molecular formula is C54H98NO10P. The van der Waals surface area contributed by atoms with E-state index in [9.17, 15) is 34.1 Å². The number of ether oxygens (including phenoxy) is 1. The maximum atomic E-state index is 12.4. The van der Waals surface area contributed by atoms with Crippen LogP contribution in [0, 0.1) is 0 Å². The lowest BCUT2D eigenvalue weighted by Crippen LogP contribution is -2.43. The molecule has 0 aromatic heterocycles. The Kier molecular flexibility index (Phi) is 47.0. The van der Waals surface area contributed by atoms with Crippen molar-refractivity contribution in [3.8, 4) is 0 Å². The van der Waals surface area contributed by atoms with Gasteiger partial charge in [-0.15, -0.1) is 0 Å². The Morgan fingerprint density at radius 1 is 0.485 bits per heavy atom. The summed E-state index contributed by atoms with van der Waals surface area (Å²) in [6.45, 7) is 2.59. The minimum absolute atomic E-state index is 0.145. The molecule has 12 heteroatoms. The third-order valence-corrected chi connectivity index (χ3v) is 12.5. The number of carbonyl (C=O) groups excluding carboxylic acids is 2. The molecule has 0 saturated carbocycles. The van der Waals surface area contributed by atoms with Gasteiger partial charge in [0.2, 0.25) is 5.91 Å². The number of carbonyl (C=O) groups is 3. The van der Waals surface area contributed by atoms with Gasteiger partial charge < -0.3 is 25.2 Å². The molecule has 11 nitrogen and oxygen atoms in total. The second-order valence-corrected chi connectivity index (χ2v) is 19.5. The zero-order chi connectivity index (χ0) is 48.4. The van der Waals surface area contributed by atoms with Crippen molar-refractivity contribution in [1.29, 1.82) is 0 Å². The van der Waals surface area contributed by atoms with Crippen molar-refractivity contribution in [2.24, 2.45) is 0 Å². The summed E-state index contributed by atoms with van der Waals surface area (Å²) >= 11 is 0. The SMILES string of the molecule is CCCCC/C=C\C/C=C\C/C=C\CCCCCCCCCCC(=O)OCC(O)COP(=O)(O)OCC(NC(=O)CCCCCCCCCCCCC/C=C/CCCCCCCC)C(=O)O. The molecule has 0 heterocycles. The lowest BCUT2D eigenvalue weighted by atomic mass is 10.0. The number of carboxylic acids is 1. The van der Waals surface area contributed by atoms with E-state index in [-0.39, 0.29) is 12.8 Å². The number of aliphatic hydroxyl groups excluding tert-OH is 1. The predicted molar refractivity (Wildman–Crippen MR) is 272 cm³/mol. The van der Waals surface area contributed by atoms with Gasteiger partial charge in [0.1, 0.15) is 12.7 Å². The van der Waals surface area contributed by atoms with E-state index in [1.165, 1.54) is 148 Å². The van der Waals surface area contributed by atoms with E-state index in [4.69, 9.17) is 13.8 Å². The number of carboxylic acid groups (broad SMARTS) is 1. The summed E-state index contributed by atoms with van der Waals surface area (Å²) in [6, 6.07) is -1.55. The van der Waals surface area contributed by atoms with Gasteiger partial charge >= 0.3 is 19.8 Å². The summed E-state index contributed by atoms with van der Waals surface area (Å²) in [5.74, 6) is -2.37. The van der Waals surface area contributed by atoms with Crippen molar-refractivity contribution in [3.05, 3.63) is 48.6 Å². The second kappa shape index (κ2) is 48.9. The molecule has 0 radical (unpaired) electrons. The highest BCUT2D eigenvalue weighted by atomic mass is 31.2. The first-order valence-corrected chi connectivity index (χ1v) is 28.2. The normalized spacial score (nSPS) is 13.9. The van der Waals surface area contributed by atoms with Crippen LogP contribution in [0.15, 0.2) is 48.6 Å². The molecule has 3 atom stereocenters. The highest BCUT2D eigenvalue weighted by molar-refractivity contribution is 7.47. The summed E-state index contributed by atoms with van der Waals surface area (Å²) < 4.78 is 27.0. The maximum Gasteiger partial charge on any atom is 0.472 e. The maximum absolute atomic E-state index is 12.4. The van der Waals surface area contributed by atoms with Crippen LogP contribution in [0.25, 0.3) is 0 Å². The number of nitrogens with one attached hydrogen (secondary N) is 1. The fourth-order valence-corrected chi connectivity index (χ4v) is 8.21. The first-order chi connectivity index (χ1) is 32.1. The molecule has 0 fully saturated rings. The Hall–Kier alpha value is -2.56. The minimum Gasteiger partial charge on any atom is -0.480 e. The Bertz CT molecular complexity index is 1300. The van der Waals surface area contributed by atoms with E-state index in [0.717, 1.165) is 57.8 Å². The quantitative estimate of drug-likeness (QED) is 0.0199. The van der Waals surface area contributed by atoms with E-state index < -0.39 is 57.6 Å². The molecule has 1 amide bonds. The van der Waals surface area contributed by atoms with E-state index in [0.29, 0.717) is 12.8 Å². The summed E-state index contributed by atoms with van der Waals surface area (Å²) in [5.41, 5.74) is 0. The number of hydrogen-bond acceptors (Lipinski definition) is 8. The van der Waals surface area contributed by atoms with Crippen LogP contribution in [0.5, 0.6) is 0 Å². The Morgan fingerprint density at radius 3 is 1.29 bits per heavy atom. The van der Waals surface area contributed by atoms with Crippen molar-refractivity contribution in [3.63, 3.8) is 0 Å². The van der Waals surface area contributed by atoms with Gasteiger partial charge in [0.15, 0.2) is 6.04 Å². The minimum atomic E-state index is -4.77. The van der Waals surface area contributed by atoms with Crippen molar-refractivity contribution < 1.29 is 47.8 Å². The third-order valence-electron chi connectivity index (χ3n) is 11.6.